The summed E-state index contributed by atoms with van der Waals surface area (Å²) in [6.45, 7) is -0.240. The van der Waals surface area contributed by atoms with Crippen LogP contribution in [-0.2, 0) is 17.8 Å². The number of aliphatic carboxylic acids is 1. The van der Waals surface area contributed by atoms with Crippen LogP contribution in [0.2, 0.25) is 0 Å². The molecule has 1 rings (SSSR count). The van der Waals surface area contributed by atoms with Gasteiger partial charge in [0, 0.05) is 12.2 Å². The van der Waals surface area contributed by atoms with E-state index in [2.05, 4.69) is 4.98 Å². The third kappa shape index (κ3) is 2.63. The lowest BCUT2D eigenvalue weighted by molar-refractivity contribution is -0.136. The van der Waals surface area contributed by atoms with Crippen molar-refractivity contribution in [2.24, 2.45) is 5.73 Å². The predicted molar refractivity (Wildman–Crippen MR) is 51.3 cm³/mol. The number of nitrogens with one attached hydrogen (secondary N) is 1. The normalized spacial score (nSPS) is 10.8. The molecule has 0 saturated carbocycles. The molecule has 1 aromatic heterocycles. The highest BCUT2D eigenvalue weighted by Crippen LogP contribution is 2.19. The number of carboxylic acid groups (broad SMARTS) is 1. The molecule has 0 radical (unpaired) electrons. The van der Waals surface area contributed by atoms with Crippen molar-refractivity contribution >= 4 is 5.97 Å². The Bertz CT molecular complexity index is 457. The highest BCUT2D eigenvalue weighted by Gasteiger charge is 2.18. The van der Waals surface area contributed by atoms with E-state index < -0.39 is 29.9 Å². The van der Waals surface area contributed by atoms with Crippen LogP contribution < -0.4 is 11.3 Å². The van der Waals surface area contributed by atoms with Gasteiger partial charge in [0.05, 0.1) is 12.0 Å². The Labute approximate surface area is 88.9 Å². The van der Waals surface area contributed by atoms with Crippen molar-refractivity contribution in [2.75, 3.05) is 0 Å². The lowest BCUT2D eigenvalue weighted by Crippen LogP contribution is -2.21. The Morgan fingerprint density at radius 2 is 2.19 bits per heavy atom. The van der Waals surface area contributed by atoms with Crippen molar-refractivity contribution < 1.29 is 18.7 Å². The van der Waals surface area contributed by atoms with E-state index >= 15 is 0 Å². The van der Waals surface area contributed by atoms with Crippen LogP contribution in [0.3, 0.4) is 0 Å². The van der Waals surface area contributed by atoms with Crippen molar-refractivity contribution in [3.05, 3.63) is 33.2 Å². The van der Waals surface area contributed by atoms with E-state index in [1.165, 1.54) is 6.07 Å². The maximum Gasteiger partial charge on any atom is 0.309 e. The van der Waals surface area contributed by atoms with Gasteiger partial charge in [-0.2, -0.15) is 0 Å². The van der Waals surface area contributed by atoms with Crippen molar-refractivity contribution in [3.8, 4) is 0 Å². The van der Waals surface area contributed by atoms with Crippen molar-refractivity contribution in [1.82, 2.24) is 4.98 Å². The van der Waals surface area contributed by atoms with E-state index in [4.69, 9.17) is 10.8 Å². The van der Waals surface area contributed by atoms with Crippen molar-refractivity contribution in [2.45, 2.75) is 19.4 Å². The molecule has 0 unspecified atom stereocenters. The topological polar surface area (TPSA) is 96.2 Å². The monoisotopic (exact) mass is 232 g/mol. The first kappa shape index (κ1) is 12.3. The second kappa shape index (κ2) is 4.84. The van der Waals surface area contributed by atoms with Crippen molar-refractivity contribution in [1.29, 1.82) is 0 Å². The minimum Gasteiger partial charge on any atom is -0.481 e. The molecule has 0 aromatic carbocycles. The van der Waals surface area contributed by atoms with Crippen LogP contribution in [-0.4, -0.2) is 16.1 Å². The molecule has 1 aromatic rings. The van der Waals surface area contributed by atoms with Gasteiger partial charge in [-0.1, -0.05) is 0 Å². The Morgan fingerprint density at radius 3 is 2.62 bits per heavy atom. The lowest BCUT2D eigenvalue weighted by atomic mass is 10.1. The van der Waals surface area contributed by atoms with E-state index in [1.807, 2.05) is 0 Å². The van der Waals surface area contributed by atoms with Gasteiger partial charge in [0.1, 0.15) is 0 Å². The molecule has 7 heteroatoms. The Kier molecular flexibility index (Phi) is 3.73. The van der Waals surface area contributed by atoms with Crippen LogP contribution in [0.5, 0.6) is 0 Å². The van der Waals surface area contributed by atoms with Crippen LogP contribution in [0, 0.1) is 0 Å². The number of aromatic amines is 1. The minimum atomic E-state index is -2.93. The fraction of sp³-hybridized carbons (Fsp3) is 0.333. The summed E-state index contributed by atoms with van der Waals surface area (Å²) in [5, 5.41) is 8.50. The van der Waals surface area contributed by atoms with Crippen LogP contribution in [0.1, 0.15) is 23.2 Å². The third-order valence-corrected chi connectivity index (χ3v) is 1.99. The molecule has 0 amide bonds. The van der Waals surface area contributed by atoms with Gasteiger partial charge in [-0.05, 0) is 11.6 Å². The predicted octanol–water partition coefficient (Wildman–Crippen LogP) is 0.398. The zero-order valence-electron chi connectivity index (χ0n) is 8.17. The molecular formula is C9H10F2N2O3. The van der Waals surface area contributed by atoms with Gasteiger partial charge in [0.15, 0.2) is 0 Å². The summed E-state index contributed by atoms with van der Waals surface area (Å²) in [5.74, 6) is -1.16. The Morgan fingerprint density at radius 1 is 1.56 bits per heavy atom. The van der Waals surface area contributed by atoms with Gasteiger partial charge < -0.3 is 15.8 Å². The summed E-state index contributed by atoms with van der Waals surface area (Å²) in [6, 6.07) is 1.18. The second-order valence-corrected chi connectivity index (χ2v) is 3.14. The van der Waals surface area contributed by atoms with Crippen LogP contribution >= 0.6 is 0 Å². The highest BCUT2D eigenvalue weighted by atomic mass is 19.3. The SMILES string of the molecule is NCc1cc(CC(=O)O)[nH]c(=O)c1C(F)F. The fourth-order valence-corrected chi connectivity index (χ4v) is 1.35. The van der Waals surface area contributed by atoms with E-state index in [0.29, 0.717) is 0 Å². The standard InChI is InChI=1S/C9H10F2N2O3/c10-8(11)7-4(3-12)1-5(2-6(14)15)13-9(7)16/h1,8H,2-3,12H2,(H,13,16)(H,14,15). The smallest absolute Gasteiger partial charge is 0.309 e. The van der Waals surface area contributed by atoms with E-state index in [9.17, 15) is 18.4 Å². The quantitative estimate of drug-likeness (QED) is 0.700. The van der Waals surface area contributed by atoms with Crippen LogP contribution in [0.15, 0.2) is 10.9 Å². The summed E-state index contributed by atoms with van der Waals surface area (Å²) >= 11 is 0. The number of H-pyrrole nitrogens is 1. The Balaban J connectivity index is 3.26. The van der Waals surface area contributed by atoms with Crippen LogP contribution in [0.4, 0.5) is 8.78 Å². The summed E-state index contributed by atoms with van der Waals surface area (Å²) in [5.41, 5.74) is 3.56. The molecule has 1 heterocycles. The first-order valence-corrected chi connectivity index (χ1v) is 4.40. The molecule has 0 aliphatic rings. The van der Waals surface area contributed by atoms with Gasteiger partial charge in [0.2, 0.25) is 0 Å². The largest absolute Gasteiger partial charge is 0.481 e. The van der Waals surface area contributed by atoms with Crippen molar-refractivity contribution in [3.63, 3.8) is 0 Å². The number of halogens is 2. The second-order valence-electron chi connectivity index (χ2n) is 3.14. The molecule has 16 heavy (non-hydrogen) atoms. The number of rotatable bonds is 4. The lowest BCUT2D eigenvalue weighted by Gasteiger charge is -2.07. The van der Waals surface area contributed by atoms with Gasteiger partial charge in [-0.15, -0.1) is 0 Å². The van der Waals surface area contributed by atoms with E-state index in [-0.39, 0.29) is 17.8 Å². The Hall–Kier alpha value is -1.76. The van der Waals surface area contributed by atoms with E-state index in [0.717, 1.165) is 0 Å². The third-order valence-electron chi connectivity index (χ3n) is 1.99. The average molecular weight is 232 g/mol. The first-order chi connectivity index (χ1) is 7.45. The maximum absolute atomic E-state index is 12.5. The summed E-state index contributed by atoms with van der Waals surface area (Å²) in [6.07, 6.45) is -3.37. The number of nitrogens with two attached hydrogens (primary N) is 1. The zero-order chi connectivity index (χ0) is 12.3. The summed E-state index contributed by atoms with van der Waals surface area (Å²) in [4.78, 5) is 23.7. The molecule has 0 atom stereocenters. The summed E-state index contributed by atoms with van der Waals surface area (Å²) in [7, 11) is 0. The molecule has 0 spiro atoms. The van der Waals surface area contributed by atoms with Crippen LogP contribution in [0.25, 0.3) is 0 Å². The molecule has 0 aliphatic heterocycles. The highest BCUT2D eigenvalue weighted by molar-refractivity contribution is 5.69. The number of alkyl halides is 2. The number of carbonyl (C=O) groups is 1. The molecule has 88 valence electrons. The molecule has 0 saturated heterocycles. The average Bonchev–Trinajstić information content (AvgIpc) is 2.14. The molecule has 0 fully saturated rings. The zero-order valence-corrected chi connectivity index (χ0v) is 8.17. The van der Waals surface area contributed by atoms with E-state index in [1.54, 1.807) is 0 Å². The summed E-state index contributed by atoms with van der Waals surface area (Å²) < 4.78 is 25.0. The first-order valence-electron chi connectivity index (χ1n) is 4.40. The van der Waals surface area contributed by atoms with Gasteiger partial charge in [-0.3, -0.25) is 9.59 Å². The molecule has 4 N–H and O–H groups in total. The van der Waals surface area contributed by atoms with Gasteiger partial charge >= 0.3 is 5.97 Å². The maximum atomic E-state index is 12.5. The molecule has 0 aliphatic carbocycles. The minimum absolute atomic E-state index is 0.0324. The number of hydrogen-bond donors (Lipinski definition) is 3. The number of carboxylic acids is 1. The molecular weight excluding hydrogens is 222 g/mol. The number of aromatic nitrogens is 1. The fourth-order valence-electron chi connectivity index (χ4n) is 1.35. The van der Waals surface area contributed by atoms with Gasteiger partial charge in [0.25, 0.3) is 12.0 Å². The molecule has 0 bridgehead atoms. The number of pyridine rings is 1. The van der Waals surface area contributed by atoms with Gasteiger partial charge in [-0.25, -0.2) is 8.78 Å². The molecule has 5 nitrogen and oxygen atoms in total. The number of hydrogen-bond acceptors (Lipinski definition) is 3.